The van der Waals surface area contributed by atoms with E-state index >= 15 is 0 Å². The Labute approximate surface area is 59.7 Å². The highest BCUT2D eigenvalue weighted by atomic mass is 35.5. The Morgan fingerprint density at radius 1 is 1.78 bits per heavy atom. The smallest absolute Gasteiger partial charge is 0.247 e. The molecule has 0 spiro atoms. The first-order valence-corrected chi connectivity index (χ1v) is 3.13. The van der Waals surface area contributed by atoms with Crippen molar-refractivity contribution in [2.24, 2.45) is 5.73 Å². The molecule has 0 aromatic heterocycles. The van der Waals surface area contributed by atoms with Crippen molar-refractivity contribution < 1.29 is 4.79 Å². The highest BCUT2D eigenvalue weighted by Crippen LogP contribution is 1.98. The van der Waals surface area contributed by atoms with Crippen LogP contribution in [0.2, 0.25) is 0 Å². The maximum absolute atomic E-state index is 10.3. The highest BCUT2D eigenvalue weighted by Gasteiger charge is 1.95. The second-order valence-corrected chi connectivity index (χ2v) is 2.08. The Hall–Kier alpha value is -0.340. The number of hydrogen-bond acceptors (Lipinski definition) is 2. The van der Waals surface area contributed by atoms with Crippen LogP contribution in [-0.2, 0) is 4.79 Å². The van der Waals surface area contributed by atoms with Crippen molar-refractivity contribution in [1.29, 1.82) is 0 Å². The molecule has 0 amide bonds. The standard InChI is InChI=1S/C6H10ClNO/c1-5(6(7)9)3-2-4-8/h3H,2,4,8H2,1H3. The van der Waals surface area contributed by atoms with Crippen molar-refractivity contribution in [3.8, 4) is 0 Å². The first-order chi connectivity index (χ1) is 4.18. The van der Waals surface area contributed by atoms with Crippen LogP contribution in [0.4, 0.5) is 0 Å². The number of allylic oxidation sites excluding steroid dienone is 1. The molecule has 0 fully saturated rings. The van der Waals surface area contributed by atoms with Gasteiger partial charge in [0.1, 0.15) is 0 Å². The summed E-state index contributed by atoms with van der Waals surface area (Å²) >= 11 is 5.12. The van der Waals surface area contributed by atoms with E-state index in [9.17, 15) is 4.79 Å². The quantitative estimate of drug-likeness (QED) is 0.479. The predicted molar refractivity (Wildman–Crippen MR) is 38.3 cm³/mol. The fourth-order valence-corrected chi connectivity index (χ4v) is 0.457. The van der Waals surface area contributed by atoms with Crippen molar-refractivity contribution in [2.75, 3.05) is 6.54 Å². The van der Waals surface area contributed by atoms with Gasteiger partial charge in [-0.2, -0.15) is 0 Å². The third kappa shape index (κ3) is 4.18. The van der Waals surface area contributed by atoms with Gasteiger partial charge in [-0.25, -0.2) is 0 Å². The molecule has 9 heavy (non-hydrogen) atoms. The summed E-state index contributed by atoms with van der Waals surface area (Å²) in [4.78, 5) is 10.3. The summed E-state index contributed by atoms with van der Waals surface area (Å²) < 4.78 is 0. The van der Waals surface area contributed by atoms with Gasteiger partial charge in [-0.15, -0.1) is 0 Å². The Morgan fingerprint density at radius 2 is 2.33 bits per heavy atom. The molecule has 2 nitrogen and oxygen atoms in total. The fourth-order valence-electron chi connectivity index (χ4n) is 0.380. The van der Waals surface area contributed by atoms with Crippen LogP contribution in [0.1, 0.15) is 13.3 Å². The van der Waals surface area contributed by atoms with Crippen LogP contribution < -0.4 is 5.73 Å². The van der Waals surface area contributed by atoms with Gasteiger partial charge in [0.2, 0.25) is 5.24 Å². The fraction of sp³-hybridized carbons (Fsp3) is 0.500. The van der Waals surface area contributed by atoms with Crippen LogP contribution in [0.3, 0.4) is 0 Å². The first-order valence-electron chi connectivity index (χ1n) is 2.75. The lowest BCUT2D eigenvalue weighted by Crippen LogP contribution is -1.97. The molecule has 0 atom stereocenters. The minimum absolute atomic E-state index is 0.400. The topological polar surface area (TPSA) is 43.1 Å². The second kappa shape index (κ2) is 4.53. The molecule has 0 saturated carbocycles. The summed E-state index contributed by atoms with van der Waals surface area (Å²) in [6.07, 6.45) is 2.44. The normalized spacial score (nSPS) is 11.7. The Balaban J connectivity index is 3.69. The molecule has 0 aromatic rings. The van der Waals surface area contributed by atoms with Crippen LogP contribution in [0.15, 0.2) is 11.6 Å². The van der Waals surface area contributed by atoms with Crippen molar-refractivity contribution in [1.82, 2.24) is 0 Å². The van der Waals surface area contributed by atoms with E-state index in [0.717, 1.165) is 0 Å². The van der Waals surface area contributed by atoms with Crippen molar-refractivity contribution >= 4 is 16.8 Å². The maximum Gasteiger partial charge on any atom is 0.247 e. The van der Waals surface area contributed by atoms with Gasteiger partial charge >= 0.3 is 0 Å². The molecule has 0 aliphatic rings. The summed E-state index contributed by atoms with van der Waals surface area (Å²) in [5.74, 6) is 0. The monoisotopic (exact) mass is 147 g/mol. The summed E-state index contributed by atoms with van der Waals surface area (Å²) in [7, 11) is 0. The maximum atomic E-state index is 10.3. The average molecular weight is 148 g/mol. The summed E-state index contributed by atoms with van der Waals surface area (Å²) in [6, 6.07) is 0. The highest BCUT2D eigenvalue weighted by molar-refractivity contribution is 6.67. The van der Waals surface area contributed by atoms with E-state index in [1.807, 2.05) is 0 Å². The van der Waals surface area contributed by atoms with Gasteiger partial charge in [-0.05, 0) is 31.5 Å². The lowest BCUT2D eigenvalue weighted by molar-refractivity contribution is -0.108. The zero-order chi connectivity index (χ0) is 7.28. The van der Waals surface area contributed by atoms with Crippen LogP contribution >= 0.6 is 11.6 Å². The molecule has 0 aliphatic heterocycles. The zero-order valence-electron chi connectivity index (χ0n) is 5.36. The molecule has 0 aromatic carbocycles. The average Bonchev–Trinajstić information content (AvgIpc) is 1.82. The van der Waals surface area contributed by atoms with E-state index in [1.54, 1.807) is 13.0 Å². The lowest BCUT2D eigenvalue weighted by Gasteiger charge is -1.89. The molecule has 2 N–H and O–H groups in total. The lowest BCUT2D eigenvalue weighted by atomic mass is 10.2. The van der Waals surface area contributed by atoms with Crippen molar-refractivity contribution in [2.45, 2.75) is 13.3 Å². The Bertz CT molecular complexity index is 131. The molecule has 0 unspecified atom stereocenters. The molecule has 0 bridgehead atoms. The van der Waals surface area contributed by atoms with E-state index in [4.69, 9.17) is 17.3 Å². The van der Waals surface area contributed by atoms with Crippen LogP contribution in [0.5, 0.6) is 0 Å². The van der Waals surface area contributed by atoms with E-state index in [0.29, 0.717) is 18.5 Å². The number of nitrogens with two attached hydrogens (primary N) is 1. The van der Waals surface area contributed by atoms with Gasteiger partial charge in [0.05, 0.1) is 0 Å². The van der Waals surface area contributed by atoms with Gasteiger partial charge in [0, 0.05) is 5.57 Å². The van der Waals surface area contributed by atoms with Gasteiger partial charge < -0.3 is 5.73 Å². The summed E-state index contributed by atoms with van der Waals surface area (Å²) in [5.41, 5.74) is 5.75. The molecule has 3 heteroatoms. The summed E-state index contributed by atoms with van der Waals surface area (Å²) in [5, 5.41) is -0.400. The van der Waals surface area contributed by atoms with Gasteiger partial charge in [0.15, 0.2) is 0 Å². The van der Waals surface area contributed by atoms with Gasteiger partial charge in [0.25, 0.3) is 0 Å². The molecule has 0 rings (SSSR count). The minimum Gasteiger partial charge on any atom is -0.330 e. The second-order valence-electron chi connectivity index (χ2n) is 1.74. The van der Waals surface area contributed by atoms with Gasteiger partial charge in [-0.1, -0.05) is 6.08 Å². The largest absolute Gasteiger partial charge is 0.330 e. The molecular weight excluding hydrogens is 138 g/mol. The zero-order valence-corrected chi connectivity index (χ0v) is 6.11. The van der Waals surface area contributed by atoms with Crippen molar-refractivity contribution in [3.05, 3.63) is 11.6 Å². The number of halogens is 1. The van der Waals surface area contributed by atoms with E-state index < -0.39 is 5.24 Å². The number of carbonyl (C=O) groups is 1. The van der Waals surface area contributed by atoms with E-state index in [1.165, 1.54) is 0 Å². The molecule has 0 saturated heterocycles. The molecule has 0 radical (unpaired) electrons. The van der Waals surface area contributed by atoms with Crippen LogP contribution in [0, 0.1) is 0 Å². The number of carbonyl (C=O) groups excluding carboxylic acids is 1. The molecule has 0 heterocycles. The Morgan fingerprint density at radius 3 is 2.67 bits per heavy atom. The van der Waals surface area contributed by atoms with E-state index in [2.05, 4.69) is 0 Å². The van der Waals surface area contributed by atoms with E-state index in [-0.39, 0.29) is 0 Å². The molecule has 0 aliphatic carbocycles. The third-order valence-electron chi connectivity index (χ3n) is 0.927. The first kappa shape index (κ1) is 8.66. The van der Waals surface area contributed by atoms with Crippen molar-refractivity contribution in [3.63, 3.8) is 0 Å². The van der Waals surface area contributed by atoms with Crippen LogP contribution in [0.25, 0.3) is 0 Å². The van der Waals surface area contributed by atoms with Crippen LogP contribution in [-0.4, -0.2) is 11.8 Å². The molecular formula is C6H10ClNO. The van der Waals surface area contributed by atoms with Gasteiger partial charge in [-0.3, -0.25) is 4.79 Å². The SMILES string of the molecule is CC(=CCCN)C(=O)Cl. The summed E-state index contributed by atoms with van der Waals surface area (Å²) in [6.45, 7) is 2.23. The minimum atomic E-state index is -0.400. The predicted octanol–water partition coefficient (Wildman–Crippen LogP) is 1.05. The third-order valence-corrected chi connectivity index (χ3v) is 1.23. The number of rotatable bonds is 3. The molecule has 52 valence electrons. The Kier molecular flexibility index (Phi) is 4.36. The number of hydrogen-bond donors (Lipinski definition) is 1.